The number of sulfonamides is 1. The maximum absolute atomic E-state index is 12.8. The van der Waals surface area contributed by atoms with Gasteiger partial charge in [-0.05, 0) is 60.2 Å². The van der Waals surface area contributed by atoms with E-state index in [0.29, 0.717) is 31.9 Å². The fourth-order valence-corrected chi connectivity index (χ4v) is 5.87. The van der Waals surface area contributed by atoms with E-state index in [-0.39, 0.29) is 23.9 Å². The molecule has 168 valence electrons. The molecule has 2 heterocycles. The van der Waals surface area contributed by atoms with Gasteiger partial charge < -0.3 is 13.9 Å². The van der Waals surface area contributed by atoms with E-state index in [4.69, 9.17) is 13.9 Å². The molecule has 2 aromatic carbocycles. The first-order valence-electron chi connectivity index (χ1n) is 10.8. The lowest BCUT2D eigenvalue weighted by molar-refractivity contribution is -0.144. The highest BCUT2D eigenvalue weighted by Gasteiger charge is 2.26. The van der Waals surface area contributed by atoms with Crippen molar-refractivity contribution in [3.8, 4) is 0 Å². The quantitative estimate of drug-likeness (QED) is 0.531. The number of fused-ring (bicyclic) bond motifs is 2. The molecule has 1 saturated heterocycles. The van der Waals surface area contributed by atoms with Crippen LogP contribution in [0.2, 0.25) is 0 Å². The lowest BCUT2D eigenvalue weighted by Gasteiger charge is -2.26. The molecule has 5 rings (SSSR count). The molecule has 0 spiro atoms. The van der Waals surface area contributed by atoms with Crippen LogP contribution < -0.4 is 0 Å². The van der Waals surface area contributed by atoms with Gasteiger partial charge in [0.15, 0.2) is 0 Å². The summed E-state index contributed by atoms with van der Waals surface area (Å²) in [4.78, 5) is 12.7. The smallest absolute Gasteiger partial charge is 0.310 e. The second-order valence-electron chi connectivity index (χ2n) is 8.23. The number of carbonyl (C=O) groups excluding carboxylic acids is 1. The lowest BCUT2D eigenvalue weighted by atomic mass is 10.0. The zero-order valence-electron chi connectivity index (χ0n) is 17.7. The fourth-order valence-electron chi connectivity index (χ4n) is 4.39. The third-order valence-corrected chi connectivity index (χ3v) is 8.00. The van der Waals surface area contributed by atoms with E-state index in [9.17, 15) is 13.2 Å². The predicted octanol–water partition coefficient (Wildman–Crippen LogP) is 3.23. The third-order valence-electron chi connectivity index (χ3n) is 6.11. The number of hydrogen-bond acceptors (Lipinski definition) is 6. The Morgan fingerprint density at radius 2 is 1.84 bits per heavy atom. The average Bonchev–Trinajstić information content (AvgIpc) is 3.43. The number of benzene rings is 2. The molecule has 3 aromatic rings. The normalized spacial score (nSPS) is 16.9. The molecule has 0 radical (unpaired) electrons. The molecule has 8 heteroatoms. The molecular weight excluding hydrogens is 430 g/mol. The van der Waals surface area contributed by atoms with E-state index in [2.05, 4.69) is 12.1 Å². The zero-order chi connectivity index (χ0) is 22.1. The van der Waals surface area contributed by atoms with E-state index in [1.807, 2.05) is 0 Å². The topological polar surface area (TPSA) is 86.0 Å². The molecule has 1 aromatic heterocycles. The molecule has 0 bridgehead atoms. The molecular formula is C24H25NO6S. The van der Waals surface area contributed by atoms with Crippen molar-refractivity contribution >= 4 is 27.0 Å². The van der Waals surface area contributed by atoms with E-state index in [1.165, 1.54) is 15.4 Å². The molecule has 2 aliphatic rings. The summed E-state index contributed by atoms with van der Waals surface area (Å²) in [6.07, 6.45) is 5.02. The van der Waals surface area contributed by atoms with Crippen LogP contribution in [-0.4, -0.2) is 45.0 Å². The Morgan fingerprint density at radius 3 is 2.66 bits per heavy atom. The number of aryl methyl sites for hydroxylation is 2. The summed E-state index contributed by atoms with van der Waals surface area (Å²) < 4.78 is 43.5. The Morgan fingerprint density at radius 1 is 1.06 bits per heavy atom. The van der Waals surface area contributed by atoms with Crippen molar-refractivity contribution in [1.29, 1.82) is 0 Å². The number of rotatable bonds is 6. The summed E-state index contributed by atoms with van der Waals surface area (Å²) in [7, 11) is -3.59. The van der Waals surface area contributed by atoms with Crippen LogP contribution in [0, 0.1) is 0 Å². The summed E-state index contributed by atoms with van der Waals surface area (Å²) in [5.41, 5.74) is 4.89. The Hall–Kier alpha value is -2.68. The van der Waals surface area contributed by atoms with Crippen LogP contribution >= 0.6 is 0 Å². The highest BCUT2D eigenvalue weighted by Crippen LogP contribution is 2.30. The van der Waals surface area contributed by atoms with E-state index in [0.717, 1.165) is 35.8 Å². The maximum atomic E-state index is 12.8. The third kappa shape index (κ3) is 4.18. The second kappa shape index (κ2) is 8.69. The van der Waals surface area contributed by atoms with Crippen LogP contribution in [0.4, 0.5) is 0 Å². The van der Waals surface area contributed by atoms with Crippen molar-refractivity contribution in [2.24, 2.45) is 0 Å². The van der Waals surface area contributed by atoms with E-state index in [1.54, 1.807) is 30.5 Å². The van der Waals surface area contributed by atoms with Crippen molar-refractivity contribution < 1.29 is 27.1 Å². The highest BCUT2D eigenvalue weighted by atomic mass is 32.2. The van der Waals surface area contributed by atoms with Crippen LogP contribution in [0.5, 0.6) is 0 Å². The van der Waals surface area contributed by atoms with Gasteiger partial charge in [0.25, 0.3) is 0 Å². The SMILES string of the molecule is O=C(Cc1coc2cc3c(cc12)CCC3)OCc1cccc(S(=O)(=O)N2CCOCC2)c1. The van der Waals surface area contributed by atoms with Crippen molar-refractivity contribution in [2.75, 3.05) is 26.3 Å². The number of morpholine rings is 1. The zero-order valence-corrected chi connectivity index (χ0v) is 18.5. The first kappa shape index (κ1) is 21.2. The van der Waals surface area contributed by atoms with Crippen LogP contribution in [-0.2, 0) is 50.2 Å². The van der Waals surface area contributed by atoms with Gasteiger partial charge in [0.05, 0.1) is 30.8 Å². The van der Waals surface area contributed by atoms with Gasteiger partial charge in [-0.1, -0.05) is 12.1 Å². The van der Waals surface area contributed by atoms with Gasteiger partial charge in [0, 0.05) is 24.0 Å². The largest absolute Gasteiger partial charge is 0.464 e. The molecule has 0 unspecified atom stereocenters. The minimum absolute atomic E-state index is 0.0104. The molecule has 0 N–H and O–H groups in total. The second-order valence-corrected chi connectivity index (χ2v) is 10.2. The fraction of sp³-hybridized carbons (Fsp3) is 0.375. The van der Waals surface area contributed by atoms with Crippen molar-refractivity contribution in [3.05, 3.63) is 64.9 Å². The van der Waals surface area contributed by atoms with Crippen LogP contribution in [0.3, 0.4) is 0 Å². The monoisotopic (exact) mass is 455 g/mol. The minimum Gasteiger partial charge on any atom is -0.464 e. The summed E-state index contributed by atoms with van der Waals surface area (Å²) >= 11 is 0. The maximum Gasteiger partial charge on any atom is 0.310 e. The van der Waals surface area contributed by atoms with E-state index >= 15 is 0 Å². The first-order chi connectivity index (χ1) is 15.5. The predicted molar refractivity (Wildman–Crippen MR) is 118 cm³/mol. The number of esters is 1. The molecule has 1 fully saturated rings. The molecule has 7 nitrogen and oxygen atoms in total. The molecule has 0 saturated carbocycles. The summed E-state index contributed by atoms with van der Waals surface area (Å²) in [6, 6.07) is 10.8. The van der Waals surface area contributed by atoms with Gasteiger partial charge in [0.1, 0.15) is 12.2 Å². The summed E-state index contributed by atoms with van der Waals surface area (Å²) in [5.74, 6) is -0.380. The van der Waals surface area contributed by atoms with Gasteiger partial charge in [-0.3, -0.25) is 4.79 Å². The highest BCUT2D eigenvalue weighted by molar-refractivity contribution is 7.89. The van der Waals surface area contributed by atoms with E-state index < -0.39 is 10.0 Å². The van der Waals surface area contributed by atoms with Gasteiger partial charge in [-0.25, -0.2) is 8.42 Å². The van der Waals surface area contributed by atoms with Crippen molar-refractivity contribution in [2.45, 2.75) is 37.2 Å². The van der Waals surface area contributed by atoms with Crippen molar-refractivity contribution in [1.82, 2.24) is 4.31 Å². The van der Waals surface area contributed by atoms with Gasteiger partial charge in [0.2, 0.25) is 10.0 Å². The number of nitrogens with zero attached hydrogens (tertiary/aromatic N) is 1. The average molecular weight is 456 g/mol. The first-order valence-corrected chi connectivity index (χ1v) is 12.3. The van der Waals surface area contributed by atoms with Crippen molar-refractivity contribution in [3.63, 3.8) is 0 Å². The van der Waals surface area contributed by atoms with Crippen LogP contribution in [0.1, 0.15) is 28.7 Å². The standard InChI is InChI=1S/C24H25NO6S/c26-24(14-20-16-30-23-13-19-5-2-4-18(19)12-22(20)23)31-15-17-3-1-6-21(11-17)32(27,28)25-7-9-29-10-8-25/h1,3,6,11-13,16H,2,4-5,7-10,14-15H2. The molecule has 0 amide bonds. The number of ether oxygens (including phenoxy) is 2. The Balaban J connectivity index is 1.25. The van der Waals surface area contributed by atoms with Gasteiger partial charge in [-0.15, -0.1) is 0 Å². The Kier molecular flexibility index (Phi) is 5.75. The minimum atomic E-state index is -3.59. The molecule has 32 heavy (non-hydrogen) atoms. The molecule has 1 aliphatic heterocycles. The molecule has 1 aliphatic carbocycles. The number of hydrogen-bond donors (Lipinski definition) is 0. The van der Waals surface area contributed by atoms with Gasteiger partial charge >= 0.3 is 5.97 Å². The van der Waals surface area contributed by atoms with Crippen LogP contribution in [0.25, 0.3) is 11.0 Å². The molecule has 0 atom stereocenters. The summed E-state index contributed by atoms with van der Waals surface area (Å²) in [5, 5.41) is 0.959. The lowest BCUT2D eigenvalue weighted by Crippen LogP contribution is -2.40. The Labute approximate surface area is 187 Å². The van der Waals surface area contributed by atoms with Crippen LogP contribution in [0.15, 0.2) is 52.0 Å². The number of carbonyl (C=O) groups is 1. The Bertz CT molecular complexity index is 1260. The summed E-state index contributed by atoms with van der Waals surface area (Å²) in [6.45, 7) is 1.47. The number of furan rings is 1. The van der Waals surface area contributed by atoms with Gasteiger partial charge in [-0.2, -0.15) is 4.31 Å².